The van der Waals surface area contributed by atoms with Gasteiger partial charge in [-0.2, -0.15) is 0 Å². The maximum atomic E-state index is 12.2. The third-order valence-corrected chi connectivity index (χ3v) is 4.12. The number of ether oxygens (including phenoxy) is 1. The van der Waals surface area contributed by atoms with E-state index >= 15 is 0 Å². The third kappa shape index (κ3) is 2.84. The first-order valence-corrected chi connectivity index (χ1v) is 7.54. The summed E-state index contributed by atoms with van der Waals surface area (Å²) in [7, 11) is 1.45. The van der Waals surface area contributed by atoms with E-state index in [1.165, 1.54) is 18.4 Å². The fourth-order valence-corrected chi connectivity index (χ4v) is 2.75. The molecule has 2 heterocycles. The molecule has 6 N–H and O–H groups in total. The Kier molecular flexibility index (Phi) is 3.67. The molecule has 0 aliphatic carbocycles. The highest BCUT2D eigenvalue weighted by molar-refractivity contribution is 7.17. The van der Waals surface area contributed by atoms with E-state index < -0.39 is 0 Å². The largest absolute Gasteiger partial charge is 0.444 e. The zero-order valence-corrected chi connectivity index (χ0v) is 13.1. The van der Waals surface area contributed by atoms with Gasteiger partial charge < -0.3 is 21.2 Å². The molecule has 0 aliphatic rings. The summed E-state index contributed by atoms with van der Waals surface area (Å²) in [5, 5.41) is 9.50. The van der Waals surface area contributed by atoms with Gasteiger partial charge in [-0.05, 0) is 24.3 Å². The van der Waals surface area contributed by atoms with Gasteiger partial charge >= 0.3 is 0 Å². The molecule has 0 bridgehead atoms. The van der Waals surface area contributed by atoms with Crippen LogP contribution in [0.15, 0.2) is 36.4 Å². The van der Waals surface area contributed by atoms with Crippen LogP contribution in [0, 0.1) is 5.41 Å². The molecule has 0 unspecified atom stereocenters. The Bertz CT molecular complexity index is 898. The monoisotopic (exact) mass is 329 g/mol. The van der Waals surface area contributed by atoms with Crippen molar-refractivity contribution in [3.05, 3.63) is 42.1 Å². The molecule has 7 nitrogen and oxygen atoms in total. The molecule has 8 heteroatoms. The first-order valence-electron chi connectivity index (χ1n) is 6.72. The number of aromatic nitrogens is 1. The molecule has 23 heavy (non-hydrogen) atoms. The molecule has 3 aromatic rings. The number of amides is 1. The first kappa shape index (κ1) is 14.9. The summed E-state index contributed by atoms with van der Waals surface area (Å²) >= 11 is 1.33. The number of H-pyrrole nitrogens is 1. The SMILES string of the molecule is CN(C(=N)N)C(=O)c1cc2cccc(Oc3ccc(N)s3)c2[nH]1. The number of hydrogen-bond donors (Lipinski definition) is 4. The number of thiophene rings is 1. The third-order valence-electron chi connectivity index (χ3n) is 3.33. The fourth-order valence-electron chi connectivity index (χ4n) is 2.12. The predicted molar refractivity (Wildman–Crippen MR) is 91.1 cm³/mol. The molecule has 0 spiro atoms. The van der Waals surface area contributed by atoms with E-state index in [0.717, 1.165) is 10.3 Å². The molecule has 0 fully saturated rings. The minimum Gasteiger partial charge on any atom is -0.444 e. The van der Waals surface area contributed by atoms with Crippen molar-refractivity contribution >= 4 is 39.1 Å². The molecular formula is C15H15N5O2S. The van der Waals surface area contributed by atoms with Crippen LogP contribution < -0.4 is 16.2 Å². The van der Waals surface area contributed by atoms with Crippen molar-refractivity contribution in [3.63, 3.8) is 0 Å². The number of fused-ring (bicyclic) bond motifs is 1. The highest BCUT2D eigenvalue weighted by Crippen LogP contribution is 2.34. The number of anilines is 1. The lowest BCUT2D eigenvalue weighted by molar-refractivity contribution is 0.0864. The number of carbonyl (C=O) groups is 1. The second kappa shape index (κ2) is 5.65. The van der Waals surface area contributed by atoms with Crippen LogP contribution >= 0.6 is 11.3 Å². The summed E-state index contributed by atoms with van der Waals surface area (Å²) in [6, 6.07) is 10.8. The van der Waals surface area contributed by atoms with Crippen LogP contribution in [0.1, 0.15) is 10.5 Å². The number of para-hydroxylation sites is 1. The molecule has 2 aromatic heterocycles. The minimum atomic E-state index is -0.389. The molecule has 0 radical (unpaired) electrons. The average Bonchev–Trinajstić information content (AvgIpc) is 3.12. The number of aromatic amines is 1. The first-order chi connectivity index (χ1) is 11.0. The lowest BCUT2D eigenvalue weighted by Crippen LogP contribution is -2.38. The molecule has 1 amide bonds. The van der Waals surface area contributed by atoms with Crippen molar-refractivity contribution in [2.75, 3.05) is 12.8 Å². The molecule has 0 aliphatic heterocycles. The van der Waals surface area contributed by atoms with Gasteiger partial charge in [0.2, 0.25) is 0 Å². The van der Waals surface area contributed by atoms with Gasteiger partial charge in [0.05, 0.1) is 10.5 Å². The van der Waals surface area contributed by atoms with Crippen LogP contribution in [0.3, 0.4) is 0 Å². The van der Waals surface area contributed by atoms with Gasteiger partial charge in [0.15, 0.2) is 16.8 Å². The molecule has 118 valence electrons. The summed E-state index contributed by atoms with van der Waals surface area (Å²) < 4.78 is 5.83. The standard InChI is InChI=1S/C15H15N5O2S/c1-20(15(17)18)14(21)9-7-8-3-2-4-10(13(8)19-9)22-12-6-5-11(16)23-12/h2-7,19H,16H2,1H3,(H3,17,18). The molecule has 0 atom stereocenters. The second-order valence-electron chi connectivity index (χ2n) is 4.91. The Hall–Kier alpha value is -3.00. The Morgan fingerprint density at radius 2 is 2.13 bits per heavy atom. The number of carbonyl (C=O) groups excluding carboxylic acids is 1. The van der Waals surface area contributed by atoms with E-state index in [-0.39, 0.29) is 11.9 Å². The van der Waals surface area contributed by atoms with Crippen molar-refractivity contribution in [2.24, 2.45) is 5.73 Å². The van der Waals surface area contributed by atoms with Crippen molar-refractivity contribution in [3.8, 4) is 10.8 Å². The van der Waals surface area contributed by atoms with Crippen LogP contribution in [0.4, 0.5) is 5.00 Å². The van der Waals surface area contributed by atoms with Crippen molar-refractivity contribution in [1.82, 2.24) is 9.88 Å². The van der Waals surface area contributed by atoms with Crippen LogP contribution in [0.5, 0.6) is 10.8 Å². The van der Waals surface area contributed by atoms with Crippen LogP contribution in [0.25, 0.3) is 10.9 Å². The van der Waals surface area contributed by atoms with Gasteiger partial charge in [-0.1, -0.05) is 23.5 Å². The lowest BCUT2D eigenvalue weighted by atomic mass is 10.2. The van der Waals surface area contributed by atoms with Crippen molar-refractivity contribution in [1.29, 1.82) is 5.41 Å². The number of rotatable bonds is 3. The summed E-state index contributed by atoms with van der Waals surface area (Å²) in [4.78, 5) is 16.3. The smallest absolute Gasteiger partial charge is 0.276 e. The summed E-state index contributed by atoms with van der Waals surface area (Å²) in [6.45, 7) is 0. The van der Waals surface area contributed by atoms with Gasteiger partial charge in [-0.3, -0.25) is 15.1 Å². The van der Waals surface area contributed by atoms with Gasteiger partial charge in [0.1, 0.15) is 5.69 Å². The zero-order valence-electron chi connectivity index (χ0n) is 12.3. The number of benzene rings is 1. The Morgan fingerprint density at radius 1 is 1.35 bits per heavy atom. The number of guanidine groups is 1. The summed E-state index contributed by atoms with van der Waals surface area (Å²) in [5.41, 5.74) is 12.1. The fraction of sp³-hybridized carbons (Fsp3) is 0.0667. The average molecular weight is 329 g/mol. The molecule has 1 aromatic carbocycles. The number of nitrogen functional groups attached to an aromatic ring is 1. The van der Waals surface area contributed by atoms with Crippen molar-refractivity contribution in [2.45, 2.75) is 0 Å². The van der Waals surface area contributed by atoms with Gasteiger partial charge in [0.25, 0.3) is 5.91 Å². The number of nitrogens with zero attached hydrogens (tertiary/aromatic N) is 1. The Labute approximate surface area is 136 Å². The quantitative estimate of drug-likeness (QED) is 0.436. The normalized spacial score (nSPS) is 10.7. The number of nitrogens with one attached hydrogen (secondary N) is 2. The van der Waals surface area contributed by atoms with Gasteiger partial charge in [-0.15, -0.1) is 0 Å². The second-order valence-corrected chi connectivity index (χ2v) is 5.99. The zero-order chi connectivity index (χ0) is 16.6. The predicted octanol–water partition coefficient (Wildman–Crippen LogP) is 2.57. The van der Waals surface area contributed by atoms with Gasteiger partial charge in [-0.25, -0.2) is 0 Å². The van der Waals surface area contributed by atoms with E-state index in [0.29, 0.717) is 27.0 Å². The van der Waals surface area contributed by atoms with E-state index in [1.807, 2.05) is 12.1 Å². The van der Waals surface area contributed by atoms with E-state index in [9.17, 15) is 4.79 Å². The summed E-state index contributed by atoms with van der Waals surface area (Å²) in [6.07, 6.45) is 0. The number of hydrogen-bond acceptors (Lipinski definition) is 5. The highest BCUT2D eigenvalue weighted by atomic mass is 32.1. The van der Waals surface area contributed by atoms with E-state index in [2.05, 4.69) is 4.98 Å². The van der Waals surface area contributed by atoms with Crippen LogP contribution in [-0.4, -0.2) is 28.8 Å². The maximum Gasteiger partial charge on any atom is 0.276 e. The molecule has 0 saturated heterocycles. The molecule has 0 saturated carbocycles. The minimum absolute atomic E-state index is 0.320. The van der Waals surface area contributed by atoms with Crippen LogP contribution in [0.2, 0.25) is 0 Å². The highest BCUT2D eigenvalue weighted by Gasteiger charge is 2.17. The molecular weight excluding hydrogens is 314 g/mol. The maximum absolute atomic E-state index is 12.2. The Morgan fingerprint density at radius 3 is 2.78 bits per heavy atom. The van der Waals surface area contributed by atoms with E-state index in [1.54, 1.807) is 24.3 Å². The van der Waals surface area contributed by atoms with Crippen molar-refractivity contribution < 1.29 is 9.53 Å². The Balaban J connectivity index is 1.98. The summed E-state index contributed by atoms with van der Waals surface area (Å²) in [5.74, 6) is -0.118. The van der Waals surface area contributed by atoms with Gasteiger partial charge in [0, 0.05) is 12.4 Å². The molecule has 3 rings (SSSR count). The number of nitrogens with two attached hydrogens (primary N) is 2. The van der Waals surface area contributed by atoms with E-state index in [4.69, 9.17) is 21.6 Å². The lowest BCUT2D eigenvalue weighted by Gasteiger charge is -2.12. The topological polar surface area (TPSA) is 121 Å². The van der Waals surface area contributed by atoms with Crippen LogP contribution in [-0.2, 0) is 0 Å².